The highest BCUT2D eigenvalue weighted by Gasteiger charge is 2.52. The Balaban J connectivity index is 1.66. The van der Waals surface area contributed by atoms with Gasteiger partial charge in [-0.3, -0.25) is 0 Å². The number of hydrogen-bond donors (Lipinski definition) is 1. The number of nitrogens with two attached hydrogens (primary N) is 1. The van der Waals surface area contributed by atoms with Gasteiger partial charge in [0.25, 0.3) is 0 Å². The molecule has 4 saturated carbocycles. The van der Waals surface area contributed by atoms with Gasteiger partial charge >= 0.3 is 0 Å². The number of benzene rings is 1. The average Bonchev–Trinajstić information content (AvgIpc) is 2.32. The molecule has 2 nitrogen and oxygen atoms in total. The summed E-state index contributed by atoms with van der Waals surface area (Å²) >= 11 is 0. The second-order valence-electron chi connectivity index (χ2n) is 7.20. The molecule has 4 fully saturated rings. The molecular formula is C17H23NO. The molecule has 4 aliphatic rings. The highest BCUT2D eigenvalue weighted by molar-refractivity contribution is 5.56. The van der Waals surface area contributed by atoms with E-state index in [1.54, 1.807) is 0 Å². The Hall–Kier alpha value is -1.18. The second kappa shape index (κ2) is 3.91. The van der Waals surface area contributed by atoms with E-state index in [0.717, 1.165) is 29.2 Å². The molecule has 5 rings (SSSR count). The van der Waals surface area contributed by atoms with Gasteiger partial charge in [-0.1, -0.05) is 12.1 Å². The van der Waals surface area contributed by atoms with Crippen LogP contribution in [-0.4, -0.2) is 5.60 Å². The minimum absolute atomic E-state index is 0.106. The van der Waals surface area contributed by atoms with E-state index in [4.69, 9.17) is 10.5 Å². The lowest BCUT2D eigenvalue weighted by Gasteiger charge is -2.56. The molecule has 2 N–H and O–H groups in total. The molecular weight excluding hydrogens is 234 g/mol. The van der Waals surface area contributed by atoms with Gasteiger partial charge < -0.3 is 10.5 Å². The van der Waals surface area contributed by atoms with Crippen LogP contribution < -0.4 is 10.5 Å². The van der Waals surface area contributed by atoms with Gasteiger partial charge in [0.05, 0.1) is 5.69 Å². The summed E-state index contributed by atoms with van der Waals surface area (Å²) < 4.78 is 6.55. The van der Waals surface area contributed by atoms with Crippen LogP contribution in [0, 0.1) is 24.7 Å². The number of hydrogen-bond acceptors (Lipinski definition) is 2. The first-order valence-corrected chi connectivity index (χ1v) is 7.68. The number of ether oxygens (including phenoxy) is 1. The Morgan fingerprint density at radius 1 is 1.05 bits per heavy atom. The predicted octanol–water partition coefficient (Wildman–Crippen LogP) is 3.92. The van der Waals surface area contributed by atoms with Gasteiger partial charge in [0.2, 0.25) is 0 Å². The zero-order valence-electron chi connectivity index (χ0n) is 11.7. The molecule has 0 unspecified atom stereocenters. The van der Waals surface area contributed by atoms with E-state index in [1.807, 2.05) is 12.1 Å². The van der Waals surface area contributed by atoms with Crippen molar-refractivity contribution in [3.05, 3.63) is 23.8 Å². The summed E-state index contributed by atoms with van der Waals surface area (Å²) in [5, 5.41) is 0. The lowest BCUT2D eigenvalue weighted by molar-refractivity contribution is -0.107. The van der Waals surface area contributed by atoms with E-state index in [2.05, 4.69) is 13.0 Å². The Morgan fingerprint density at radius 2 is 1.63 bits per heavy atom. The fourth-order valence-corrected chi connectivity index (χ4v) is 5.19. The maximum absolute atomic E-state index is 6.55. The largest absolute Gasteiger partial charge is 0.485 e. The molecule has 19 heavy (non-hydrogen) atoms. The van der Waals surface area contributed by atoms with Crippen molar-refractivity contribution < 1.29 is 4.74 Å². The van der Waals surface area contributed by atoms with Crippen LogP contribution in [0.3, 0.4) is 0 Å². The van der Waals surface area contributed by atoms with Crippen LogP contribution >= 0.6 is 0 Å². The van der Waals surface area contributed by atoms with Gasteiger partial charge in [-0.25, -0.2) is 0 Å². The topological polar surface area (TPSA) is 35.2 Å². The number of nitrogen functional groups attached to an aromatic ring is 1. The molecule has 1 aromatic carbocycles. The average molecular weight is 257 g/mol. The maximum atomic E-state index is 6.55. The van der Waals surface area contributed by atoms with Crippen LogP contribution in [0.25, 0.3) is 0 Å². The van der Waals surface area contributed by atoms with Crippen LogP contribution in [-0.2, 0) is 0 Å². The molecule has 0 heterocycles. The number of aryl methyl sites for hydroxylation is 1. The first-order valence-electron chi connectivity index (χ1n) is 7.68. The van der Waals surface area contributed by atoms with Crippen molar-refractivity contribution in [2.75, 3.05) is 5.73 Å². The van der Waals surface area contributed by atoms with Crippen molar-refractivity contribution >= 4 is 5.69 Å². The number of anilines is 1. The van der Waals surface area contributed by atoms with Crippen molar-refractivity contribution in [2.24, 2.45) is 17.8 Å². The van der Waals surface area contributed by atoms with Crippen molar-refractivity contribution in [3.63, 3.8) is 0 Å². The zero-order chi connectivity index (χ0) is 13.0. The standard InChI is InChI=1S/C17H23NO/c1-11-3-2-4-15(18)16(11)19-17-8-12-5-13(9-17)7-14(6-12)10-17/h2-4,12-14H,5-10,18H2,1H3. The third kappa shape index (κ3) is 1.84. The van der Waals surface area contributed by atoms with Gasteiger partial charge in [0.1, 0.15) is 11.4 Å². The Morgan fingerprint density at radius 3 is 2.16 bits per heavy atom. The summed E-state index contributed by atoms with van der Waals surface area (Å²) in [5.74, 6) is 3.69. The third-order valence-electron chi connectivity index (χ3n) is 5.54. The van der Waals surface area contributed by atoms with Crippen molar-refractivity contribution in [2.45, 2.75) is 51.0 Å². The summed E-state index contributed by atoms with van der Waals surface area (Å²) in [5.41, 5.74) is 8.21. The van der Waals surface area contributed by atoms with E-state index in [-0.39, 0.29) is 5.60 Å². The molecule has 102 valence electrons. The third-order valence-corrected chi connectivity index (χ3v) is 5.54. The Kier molecular flexibility index (Phi) is 2.39. The molecule has 2 heteroatoms. The van der Waals surface area contributed by atoms with Gasteiger partial charge in [-0.15, -0.1) is 0 Å². The van der Waals surface area contributed by atoms with Crippen LogP contribution in [0.1, 0.15) is 44.1 Å². The monoisotopic (exact) mass is 257 g/mol. The first kappa shape index (κ1) is 11.6. The first-order chi connectivity index (χ1) is 9.13. The molecule has 0 atom stereocenters. The Bertz CT molecular complexity index is 452. The minimum atomic E-state index is 0.106. The zero-order valence-corrected chi connectivity index (χ0v) is 11.7. The van der Waals surface area contributed by atoms with Crippen molar-refractivity contribution in [1.29, 1.82) is 0 Å². The molecule has 4 aliphatic carbocycles. The minimum Gasteiger partial charge on any atom is -0.485 e. The summed E-state index contributed by atoms with van der Waals surface area (Å²) in [4.78, 5) is 0. The summed E-state index contributed by atoms with van der Waals surface area (Å²) in [6, 6.07) is 6.08. The Labute approximate surface area is 115 Å². The second-order valence-corrected chi connectivity index (χ2v) is 7.20. The van der Waals surface area contributed by atoms with Crippen molar-refractivity contribution in [3.8, 4) is 5.75 Å². The van der Waals surface area contributed by atoms with Crippen LogP contribution in [0.5, 0.6) is 5.75 Å². The highest BCUT2D eigenvalue weighted by Crippen LogP contribution is 2.57. The van der Waals surface area contributed by atoms with Gasteiger partial charge in [0, 0.05) is 0 Å². The number of rotatable bonds is 2. The molecule has 0 amide bonds. The van der Waals surface area contributed by atoms with Gasteiger partial charge in [-0.05, 0) is 74.8 Å². The molecule has 0 spiro atoms. The van der Waals surface area contributed by atoms with E-state index in [0.29, 0.717) is 0 Å². The smallest absolute Gasteiger partial charge is 0.145 e. The van der Waals surface area contributed by atoms with Gasteiger partial charge in [0.15, 0.2) is 0 Å². The quantitative estimate of drug-likeness (QED) is 0.815. The molecule has 0 aromatic heterocycles. The fourth-order valence-electron chi connectivity index (χ4n) is 5.19. The van der Waals surface area contributed by atoms with Crippen LogP contribution in [0.2, 0.25) is 0 Å². The molecule has 0 saturated heterocycles. The molecule has 0 aliphatic heterocycles. The van der Waals surface area contributed by atoms with E-state index < -0.39 is 0 Å². The SMILES string of the molecule is Cc1cccc(N)c1OC12CC3CC(CC(C3)C1)C2. The molecule has 0 radical (unpaired) electrons. The highest BCUT2D eigenvalue weighted by atomic mass is 16.5. The van der Waals surface area contributed by atoms with E-state index >= 15 is 0 Å². The van der Waals surface area contributed by atoms with Crippen molar-refractivity contribution in [1.82, 2.24) is 0 Å². The molecule has 4 bridgehead atoms. The lowest BCUT2D eigenvalue weighted by atomic mass is 9.54. The lowest BCUT2D eigenvalue weighted by Crippen LogP contribution is -2.53. The summed E-state index contributed by atoms with van der Waals surface area (Å²) in [7, 11) is 0. The van der Waals surface area contributed by atoms with Crippen LogP contribution in [0.15, 0.2) is 18.2 Å². The summed E-state index contributed by atoms with van der Waals surface area (Å²) in [6.07, 6.45) is 8.12. The summed E-state index contributed by atoms with van der Waals surface area (Å²) in [6.45, 7) is 2.10. The number of para-hydroxylation sites is 1. The van der Waals surface area contributed by atoms with Crippen LogP contribution in [0.4, 0.5) is 5.69 Å². The maximum Gasteiger partial charge on any atom is 0.145 e. The fraction of sp³-hybridized carbons (Fsp3) is 0.647. The molecule has 1 aromatic rings. The predicted molar refractivity (Wildman–Crippen MR) is 77.1 cm³/mol. The van der Waals surface area contributed by atoms with Gasteiger partial charge in [-0.2, -0.15) is 0 Å². The normalized spacial score (nSPS) is 39.5. The van der Waals surface area contributed by atoms with E-state index in [9.17, 15) is 0 Å². The van der Waals surface area contributed by atoms with E-state index in [1.165, 1.54) is 44.1 Å².